The fourth-order valence-electron chi connectivity index (χ4n) is 2.21. The molecule has 0 aromatic heterocycles. The lowest BCUT2D eigenvalue weighted by Gasteiger charge is -2.29. The smallest absolute Gasteiger partial charge is 0.306 e. The second kappa shape index (κ2) is 4.33. The number of Topliss-reactive ketones (excluding diaryl/α,β-unsaturated/α-hetero) is 1. The summed E-state index contributed by atoms with van der Waals surface area (Å²) in [6.45, 7) is 5.79. The topological polar surface area (TPSA) is 54.4 Å². The van der Waals surface area contributed by atoms with Gasteiger partial charge in [0.1, 0.15) is 5.78 Å². The fraction of sp³-hybridized carbons (Fsp3) is 0.833. The van der Waals surface area contributed by atoms with Crippen molar-refractivity contribution in [2.75, 3.05) is 0 Å². The SMILES string of the molecule is CC(C)(C)C(=O)[C@H]1CC[C@H](C(=O)O)CC1. The van der Waals surface area contributed by atoms with Gasteiger partial charge in [-0.25, -0.2) is 0 Å². The molecule has 0 amide bonds. The van der Waals surface area contributed by atoms with Crippen LogP contribution in [-0.2, 0) is 9.59 Å². The normalized spacial score (nSPS) is 27.4. The van der Waals surface area contributed by atoms with Crippen molar-refractivity contribution in [2.24, 2.45) is 17.3 Å². The standard InChI is InChI=1S/C12H20O3/c1-12(2,3)10(13)8-4-6-9(7-5-8)11(14)15/h8-9H,4-7H2,1-3H3,(H,14,15)/t8-,9-. The Kier molecular flexibility index (Phi) is 3.53. The average molecular weight is 212 g/mol. The fourth-order valence-corrected chi connectivity index (χ4v) is 2.21. The van der Waals surface area contributed by atoms with Crippen LogP contribution in [0.1, 0.15) is 46.5 Å². The number of hydrogen-bond donors (Lipinski definition) is 1. The van der Waals surface area contributed by atoms with Gasteiger partial charge in [0.2, 0.25) is 0 Å². The molecule has 0 atom stereocenters. The first-order chi connectivity index (χ1) is 6.82. The summed E-state index contributed by atoms with van der Waals surface area (Å²) in [6.07, 6.45) is 2.80. The van der Waals surface area contributed by atoms with Crippen LogP contribution in [0.2, 0.25) is 0 Å². The van der Waals surface area contributed by atoms with Crippen molar-refractivity contribution in [3.8, 4) is 0 Å². The van der Waals surface area contributed by atoms with Crippen LogP contribution in [0.5, 0.6) is 0 Å². The molecule has 1 rings (SSSR count). The van der Waals surface area contributed by atoms with Gasteiger partial charge in [0.05, 0.1) is 5.92 Å². The second-order valence-corrected chi connectivity index (χ2v) is 5.50. The van der Waals surface area contributed by atoms with E-state index in [-0.39, 0.29) is 23.0 Å². The first kappa shape index (κ1) is 12.2. The van der Waals surface area contributed by atoms with Crippen LogP contribution in [0.25, 0.3) is 0 Å². The third-order valence-electron chi connectivity index (χ3n) is 3.19. The van der Waals surface area contributed by atoms with Gasteiger partial charge in [0.15, 0.2) is 0 Å². The Morgan fingerprint density at radius 3 is 1.73 bits per heavy atom. The van der Waals surface area contributed by atoms with E-state index in [1.807, 2.05) is 20.8 Å². The molecule has 0 spiro atoms. The molecule has 86 valence electrons. The first-order valence-corrected chi connectivity index (χ1v) is 5.59. The molecule has 0 saturated heterocycles. The van der Waals surface area contributed by atoms with Crippen molar-refractivity contribution < 1.29 is 14.7 Å². The molecule has 3 heteroatoms. The summed E-state index contributed by atoms with van der Waals surface area (Å²) in [5.41, 5.74) is -0.291. The Hall–Kier alpha value is -0.860. The van der Waals surface area contributed by atoms with Gasteiger partial charge in [-0.2, -0.15) is 0 Å². The van der Waals surface area contributed by atoms with Crippen LogP contribution >= 0.6 is 0 Å². The van der Waals surface area contributed by atoms with Gasteiger partial charge >= 0.3 is 5.97 Å². The van der Waals surface area contributed by atoms with E-state index < -0.39 is 5.97 Å². The molecule has 0 aromatic rings. The van der Waals surface area contributed by atoms with Gasteiger partial charge in [0, 0.05) is 11.3 Å². The molecular weight excluding hydrogens is 192 g/mol. The molecule has 0 heterocycles. The minimum Gasteiger partial charge on any atom is -0.481 e. The van der Waals surface area contributed by atoms with Crippen molar-refractivity contribution in [3.63, 3.8) is 0 Å². The van der Waals surface area contributed by atoms with Crippen molar-refractivity contribution in [3.05, 3.63) is 0 Å². The van der Waals surface area contributed by atoms with E-state index in [1.165, 1.54) is 0 Å². The van der Waals surface area contributed by atoms with Gasteiger partial charge in [-0.15, -0.1) is 0 Å². The summed E-state index contributed by atoms with van der Waals surface area (Å²) >= 11 is 0. The molecular formula is C12H20O3. The van der Waals surface area contributed by atoms with Gasteiger partial charge in [-0.3, -0.25) is 9.59 Å². The van der Waals surface area contributed by atoms with Crippen molar-refractivity contribution in [1.82, 2.24) is 0 Å². The van der Waals surface area contributed by atoms with E-state index in [4.69, 9.17) is 5.11 Å². The minimum atomic E-state index is -0.711. The van der Waals surface area contributed by atoms with Crippen LogP contribution in [0, 0.1) is 17.3 Å². The number of rotatable bonds is 2. The number of carbonyl (C=O) groups excluding carboxylic acids is 1. The monoisotopic (exact) mass is 212 g/mol. The Balaban J connectivity index is 2.51. The summed E-state index contributed by atoms with van der Waals surface area (Å²) in [6, 6.07) is 0. The maximum absolute atomic E-state index is 11.9. The van der Waals surface area contributed by atoms with Gasteiger partial charge in [0.25, 0.3) is 0 Å². The molecule has 3 nitrogen and oxygen atoms in total. The quantitative estimate of drug-likeness (QED) is 0.765. The molecule has 15 heavy (non-hydrogen) atoms. The lowest BCUT2D eigenvalue weighted by Crippen LogP contribution is -2.32. The summed E-state index contributed by atoms with van der Waals surface area (Å²) in [5.74, 6) is -0.572. The Morgan fingerprint density at radius 1 is 1.00 bits per heavy atom. The maximum atomic E-state index is 11.9. The van der Waals surface area contributed by atoms with Crippen LogP contribution in [0.4, 0.5) is 0 Å². The van der Waals surface area contributed by atoms with Crippen LogP contribution in [-0.4, -0.2) is 16.9 Å². The maximum Gasteiger partial charge on any atom is 0.306 e. The highest BCUT2D eigenvalue weighted by molar-refractivity contribution is 5.86. The van der Waals surface area contributed by atoms with E-state index in [1.54, 1.807) is 0 Å². The zero-order chi connectivity index (χ0) is 11.6. The number of carbonyl (C=O) groups is 2. The third-order valence-corrected chi connectivity index (χ3v) is 3.19. The van der Waals surface area contributed by atoms with Crippen LogP contribution < -0.4 is 0 Å². The summed E-state index contributed by atoms with van der Waals surface area (Å²) in [4.78, 5) is 22.7. The number of hydrogen-bond acceptors (Lipinski definition) is 2. The Bertz CT molecular complexity index is 255. The highest BCUT2D eigenvalue weighted by Crippen LogP contribution is 2.33. The van der Waals surface area contributed by atoms with Crippen molar-refractivity contribution >= 4 is 11.8 Å². The van der Waals surface area contributed by atoms with Gasteiger partial charge < -0.3 is 5.11 Å². The lowest BCUT2D eigenvalue weighted by atomic mass is 9.73. The van der Waals surface area contributed by atoms with Crippen molar-refractivity contribution in [1.29, 1.82) is 0 Å². The van der Waals surface area contributed by atoms with Crippen LogP contribution in [0.15, 0.2) is 0 Å². The van der Waals surface area contributed by atoms with E-state index in [0.29, 0.717) is 12.8 Å². The minimum absolute atomic E-state index is 0.0839. The molecule has 0 unspecified atom stereocenters. The molecule has 0 bridgehead atoms. The largest absolute Gasteiger partial charge is 0.481 e. The average Bonchev–Trinajstić information content (AvgIpc) is 2.15. The zero-order valence-corrected chi connectivity index (χ0v) is 9.75. The van der Waals surface area contributed by atoms with E-state index >= 15 is 0 Å². The predicted molar refractivity (Wildman–Crippen MR) is 57.5 cm³/mol. The number of ketones is 1. The summed E-state index contributed by atoms with van der Waals surface area (Å²) in [7, 11) is 0. The molecule has 0 aromatic carbocycles. The predicted octanol–water partition coefficient (Wildman–Crippen LogP) is 2.49. The highest BCUT2D eigenvalue weighted by Gasteiger charge is 2.34. The highest BCUT2D eigenvalue weighted by atomic mass is 16.4. The molecule has 1 fully saturated rings. The molecule has 1 N–H and O–H groups in total. The number of carboxylic acid groups (broad SMARTS) is 1. The lowest BCUT2D eigenvalue weighted by molar-refractivity contribution is -0.144. The third kappa shape index (κ3) is 3.05. The molecule has 0 aliphatic heterocycles. The van der Waals surface area contributed by atoms with E-state index in [9.17, 15) is 9.59 Å². The zero-order valence-electron chi connectivity index (χ0n) is 9.75. The Labute approximate surface area is 90.9 Å². The number of aliphatic carboxylic acids is 1. The summed E-state index contributed by atoms with van der Waals surface area (Å²) < 4.78 is 0. The second-order valence-electron chi connectivity index (χ2n) is 5.50. The summed E-state index contributed by atoms with van der Waals surface area (Å²) in [5, 5.41) is 8.84. The molecule has 0 radical (unpaired) electrons. The van der Waals surface area contributed by atoms with Gasteiger partial charge in [-0.1, -0.05) is 20.8 Å². The van der Waals surface area contributed by atoms with Crippen LogP contribution in [0.3, 0.4) is 0 Å². The van der Waals surface area contributed by atoms with E-state index in [2.05, 4.69) is 0 Å². The van der Waals surface area contributed by atoms with E-state index in [0.717, 1.165) is 12.8 Å². The van der Waals surface area contributed by atoms with Gasteiger partial charge in [-0.05, 0) is 25.7 Å². The molecule has 1 saturated carbocycles. The number of carboxylic acids is 1. The Morgan fingerprint density at radius 2 is 1.40 bits per heavy atom. The van der Waals surface area contributed by atoms with Crippen molar-refractivity contribution in [2.45, 2.75) is 46.5 Å². The molecule has 1 aliphatic carbocycles. The molecule has 1 aliphatic rings. The first-order valence-electron chi connectivity index (χ1n) is 5.59.